The Labute approximate surface area is 112 Å². The molecule has 0 aliphatic heterocycles. The van der Waals surface area contributed by atoms with E-state index in [9.17, 15) is 4.79 Å². The van der Waals surface area contributed by atoms with Gasteiger partial charge in [0, 0.05) is 6.04 Å². The minimum Gasteiger partial charge on any atom is -0.468 e. The van der Waals surface area contributed by atoms with Gasteiger partial charge < -0.3 is 15.0 Å². The number of hydrogen-bond donors (Lipinski definition) is 1. The molecule has 1 N–H and O–H groups in total. The van der Waals surface area contributed by atoms with Crippen molar-refractivity contribution in [2.45, 2.75) is 58.5 Å². The van der Waals surface area contributed by atoms with E-state index in [4.69, 9.17) is 4.74 Å². The fourth-order valence-corrected chi connectivity index (χ4v) is 1.91. The van der Waals surface area contributed by atoms with Gasteiger partial charge in [0.2, 0.25) is 0 Å². The van der Waals surface area contributed by atoms with Gasteiger partial charge in [-0.25, -0.2) is 0 Å². The van der Waals surface area contributed by atoms with E-state index in [0.29, 0.717) is 6.04 Å². The summed E-state index contributed by atoms with van der Waals surface area (Å²) in [5.41, 5.74) is 0. The van der Waals surface area contributed by atoms with Crippen LogP contribution in [-0.4, -0.2) is 50.2 Å². The molecule has 4 nitrogen and oxygen atoms in total. The highest BCUT2D eigenvalue weighted by Crippen LogP contribution is 2.02. The molecule has 0 radical (unpaired) electrons. The number of nitrogens with one attached hydrogen (secondary N) is 1. The minimum absolute atomic E-state index is 0.161. The smallest absolute Gasteiger partial charge is 0.322 e. The van der Waals surface area contributed by atoms with Gasteiger partial charge in [0.15, 0.2) is 0 Å². The first-order chi connectivity index (χ1) is 8.51. The summed E-state index contributed by atoms with van der Waals surface area (Å²) in [5.74, 6) is -0.161. The van der Waals surface area contributed by atoms with Gasteiger partial charge >= 0.3 is 5.97 Å². The number of methoxy groups -OCH3 is 1. The van der Waals surface area contributed by atoms with Crippen molar-refractivity contribution in [2.24, 2.45) is 0 Å². The van der Waals surface area contributed by atoms with Crippen LogP contribution in [0.25, 0.3) is 0 Å². The van der Waals surface area contributed by atoms with E-state index in [1.165, 1.54) is 26.4 Å². The second-order valence-electron chi connectivity index (χ2n) is 5.20. The quantitative estimate of drug-likeness (QED) is 0.481. The first-order valence-corrected chi connectivity index (χ1v) is 7.03. The summed E-state index contributed by atoms with van der Waals surface area (Å²) in [4.78, 5) is 13.9. The summed E-state index contributed by atoms with van der Waals surface area (Å²) in [5, 5.41) is 3.25. The molecule has 0 aliphatic rings. The zero-order valence-electron chi connectivity index (χ0n) is 12.7. The summed E-state index contributed by atoms with van der Waals surface area (Å²) in [6.07, 6.45) is 4.55. The van der Waals surface area contributed by atoms with Crippen molar-refractivity contribution in [1.29, 1.82) is 0 Å². The summed E-state index contributed by atoms with van der Waals surface area (Å²) in [7, 11) is 3.56. The molecule has 0 saturated carbocycles. The van der Waals surface area contributed by atoms with Crippen LogP contribution < -0.4 is 5.32 Å². The number of unbranched alkanes of at least 4 members (excludes halogenated alkanes) is 2. The fraction of sp³-hybridized carbons (Fsp3) is 0.929. The molecule has 0 saturated heterocycles. The molecular formula is C14H30N2O2. The molecule has 4 heteroatoms. The van der Waals surface area contributed by atoms with Crippen molar-refractivity contribution < 1.29 is 9.53 Å². The first kappa shape index (κ1) is 17.4. The van der Waals surface area contributed by atoms with Crippen LogP contribution in [-0.2, 0) is 9.53 Å². The normalized spacial score (nSPS) is 13.1. The van der Waals surface area contributed by atoms with Crippen molar-refractivity contribution in [3.05, 3.63) is 0 Å². The third-order valence-corrected chi connectivity index (χ3v) is 2.96. The molecule has 0 aromatic heterocycles. The Kier molecular flexibility index (Phi) is 9.98. The van der Waals surface area contributed by atoms with Crippen molar-refractivity contribution in [3.63, 3.8) is 0 Å². The topological polar surface area (TPSA) is 41.6 Å². The standard InChI is InChI=1S/C14H30N2O2/c1-6-7-8-10-16(4)11-9-13(14(17)18-5)15-12(2)3/h12-13,15H,6-11H2,1-5H3. The Morgan fingerprint density at radius 3 is 2.44 bits per heavy atom. The third-order valence-electron chi connectivity index (χ3n) is 2.96. The zero-order chi connectivity index (χ0) is 14.0. The lowest BCUT2D eigenvalue weighted by Crippen LogP contribution is -2.43. The lowest BCUT2D eigenvalue weighted by molar-refractivity contribution is -0.143. The molecule has 1 unspecified atom stereocenters. The van der Waals surface area contributed by atoms with Crippen LogP contribution in [0.1, 0.15) is 46.5 Å². The average Bonchev–Trinajstić information content (AvgIpc) is 2.33. The lowest BCUT2D eigenvalue weighted by atomic mass is 10.1. The first-order valence-electron chi connectivity index (χ1n) is 7.03. The van der Waals surface area contributed by atoms with E-state index in [1.54, 1.807) is 0 Å². The molecular weight excluding hydrogens is 228 g/mol. The van der Waals surface area contributed by atoms with E-state index in [1.807, 2.05) is 13.8 Å². The number of carbonyl (C=O) groups is 1. The lowest BCUT2D eigenvalue weighted by Gasteiger charge is -2.22. The van der Waals surface area contributed by atoms with Gasteiger partial charge in [-0.1, -0.05) is 33.6 Å². The molecule has 0 aromatic carbocycles. The highest BCUT2D eigenvalue weighted by molar-refractivity contribution is 5.75. The largest absolute Gasteiger partial charge is 0.468 e. The van der Waals surface area contributed by atoms with E-state index in [-0.39, 0.29) is 12.0 Å². The van der Waals surface area contributed by atoms with Gasteiger partial charge in [-0.05, 0) is 33.0 Å². The predicted molar refractivity (Wildman–Crippen MR) is 75.7 cm³/mol. The monoisotopic (exact) mass is 258 g/mol. The number of esters is 1. The molecule has 18 heavy (non-hydrogen) atoms. The van der Waals surface area contributed by atoms with Crippen LogP contribution in [0.2, 0.25) is 0 Å². The molecule has 0 spiro atoms. The summed E-state index contributed by atoms with van der Waals surface area (Å²) in [6.45, 7) is 8.31. The van der Waals surface area contributed by atoms with E-state index < -0.39 is 0 Å². The van der Waals surface area contributed by atoms with Gasteiger partial charge in [-0.3, -0.25) is 4.79 Å². The maximum Gasteiger partial charge on any atom is 0.322 e. The molecule has 0 aromatic rings. The molecule has 108 valence electrons. The molecule has 0 heterocycles. The van der Waals surface area contributed by atoms with Crippen LogP contribution >= 0.6 is 0 Å². The number of ether oxygens (including phenoxy) is 1. The Balaban J connectivity index is 3.97. The van der Waals surface area contributed by atoms with E-state index >= 15 is 0 Å². The Morgan fingerprint density at radius 1 is 1.28 bits per heavy atom. The van der Waals surface area contributed by atoms with Gasteiger partial charge in [-0.2, -0.15) is 0 Å². The Bertz CT molecular complexity index is 220. The molecule has 0 amide bonds. The molecule has 0 bridgehead atoms. The van der Waals surface area contributed by atoms with Crippen LogP contribution in [0.5, 0.6) is 0 Å². The summed E-state index contributed by atoms with van der Waals surface area (Å²) >= 11 is 0. The van der Waals surface area contributed by atoms with Gasteiger partial charge in [0.05, 0.1) is 7.11 Å². The molecule has 0 rings (SSSR count). The number of rotatable bonds is 10. The van der Waals surface area contributed by atoms with E-state index in [0.717, 1.165) is 19.5 Å². The van der Waals surface area contributed by atoms with Gasteiger partial charge in [0.1, 0.15) is 6.04 Å². The molecule has 1 atom stereocenters. The van der Waals surface area contributed by atoms with Gasteiger partial charge in [0.25, 0.3) is 0 Å². The average molecular weight is 258 g/mol. The van der Waals surface area contributed by atoms with Crippen molar-refractivity contribution in [1.82, 2.24) is 10.2 Å². The fourth-order valence-electron chi connectivity index (χ4n) is 1.91. The highest BCUT2D eigenvalue weighted by atomic mass is 16.5. The van der Waals surface area contributed by atoms with E-state index in [2.05, 4.69) is 24.2 Å². The third kappa shape index (κ3) is 8.48. The van der Waals surface area contributed by atoms with Crippen molar-refractivity contribution in [2.75, 3.05) is 27.2 Å². The molecule has 0 fully saturated rings. The zero-order valence-corrected chi connectivity index (χ0v) is 12.7. The van der Waals surface area contributed by atoms with Gasteiger partial charge in [-0.15, -0.1) is 0 Å². The predicted octanol–water partition coefficient (Wildman–Crippen LogP) is 2.04. The Morgan fingerprint density at radius 2 is 1.94 bits per heavy atom. The van der Waals surface area contributed by atoms with Crippen molar-refractivity contribution >= 4 is 5.97 Å². The number of carbonyl (C=O) groups excluding carboxylic acids is 1. The van der Waals surface area contributed by atoms with Crippen molar-refractivity contribution in [3.8, 4) is 0 Å². The minimum atomic E-state index is -0.191. The van der Waals surface area contributed by atoms with Crippen LogP contribution in [0.3, 0.4) is 0 Å². The summed E-state index contributed by atoms with van der Waals surface area (Å²) in [6, 6.07) is 0.100. The SMILES string of the molecule is CCCCCN(C)CCC(NC(C)C)C(=O)OC. The second kappa shape index (κ2) is 10.3. The van der Waals surface area contributed by atoms with Crippen LogP contribution in [0.15, 0.2) is 0 Å². The maximum absolute atomic E-state index is 11.6. The molecule has 0 aliphatic carbocycles. The summed E-state index contributed by atoms with van der Waals surface area (Å²) < 4.78 is 4.82. The van der Waals surface area contributed by atoms with Crippen LogP contribution in [0.4, 0.5) is 0 Å². The highest BCUT2D eigenvalue weighted by Gasteiger charge is 2.19. The number of hydrogen-bond acceptors (Lipinski definition) is 4. The van der Waals surface area contributed by atoms with Crippen LogP contribution in [0, 0.1) is 0 Å². The number of nitrogens with zero attached hydrogens (tertiary/aromatic N) is 1. The Hall–Kier alpha value is -0.610. The maximum atomic E-state index is 11.6. The second-order valence-corrected chi connectivity index (χ2v) is 5.20.